The number of carbonyl (C=O) groups is 1. The fourth-order valence-corrected chi connectivity index (χ4v) is 3.03. The molecule has 0 radical (unpaired) electrons. The first kappa shape index (κ1) is 16.6. The molecule has 116 valence electrons. The van der Waals surface area contributed by atoms with Crippen molar-refractivity contribution >= 4 is 17.7 Å². The second-order valence-electron chi connectivity index (χ2n) is 5.32. The smallest absolute Gasteiger partial charge is 0.232 e. The summed E-state index contributed by atoms with van der Waals surface area (Å²) in [4.78, 5) is 12.0. The summed E-state index contributed by atoms with van der Waals surface area (Å²) in [5.74, 6) is 1.01. The van der Waals surface area contributed by atoms with Crippen LogP contribution in [0.1, 0.15) is 24.5 Å². The van der Waals surface area contributed by atoms with E-state index in [2.05, 4.69) is 41.7 Å². The second kappa shape index (κ2) is 9.31. The number of carbonyl (C=O) groups excluding carboxylic acids is 1. The molecule has 1 N–H and O–H groups in total. The second-order valence-corrected chi connectivity index (χ2v) is 6.65. The maximum atomic E-state index is 12.0. The number of aryl methyl sites for hydroxylation is 1. The van der Waals surface area contributed by atoms with E-state index in [1.54, 1.807) is 11.8 Å². The minimum Gasteiger partial charge on any atom is -0.355 e. The summed E-state index contributed by atoms with van der Waals surface area (Å²) in [6.45, 7) is 2.71. The summed E-state index contributed by atoms with van der Waals surface area (Å²) in [6.07, 6.45) is 1.98. The number of hydrogen-bond donors (Lipinski definition) is 1. The minimum atomic E-state index is -0.0167. The highest BCUT2D eigenvalue weighted by molar-refractivity contribution is 7.99. The molecule has 1 atom stereocenters. The van der Waals surface area contributed by atoms with Crippen molar-refractivity contribution in [2.45, 2.75) is 30.8 Å². The Morgan fingerprint density at radius 1 is 1.00 bits per heavy atom. The quantitative estimate of drug-likeness (QED) is 0.745. The lowest BCUT2D eigenvalue weighted by Crippen LogP contribution is -2.31. The molecule has 2 nitrogen and oxygen atoms in total. The molecule has 0 fully saturated rings. The van der Waals surface area contributed by atoms with Crippen molar-refractivity contribution in [3.8, 4) is 0 Å². The molecular formula is C19H23NOS. The minimum absolute atomic E-state index is 0.0167. The zero-order chi connectivity index (χ0) is 15.6. The van der Waals surface area contributed by atoms with E-state index in [4.69, 9.17) is 0 Å². The number of rotatable bonds is 8. The molecule has 0 saturated heterocycles. The van der Waals surface area contributed by atoms with Crippen LogP contribution in [0.3, 0.4) is 0 Å². The van der Waals surface area contributed by atoms with Crippen molar-refractivity contribution in [2.24, 2.45) is 0 Å². The molecule has 2 aromatic carbocycles. The molecule has 0 aromatic heterocycles. The largest absolute Gasteiger partial charge is 0.355 e. The predicted octanol–water partition coefficient (Wildman–Crippen LogP) is 4.06. The van der Waals surface area contributed by atoms with E-state index in [0.29, 0.717) is 0 Å². The Labute approximate surface area is 137 Å². The fraction of sp³-hybridized carbons (Fsp3) is 0.316. The van der Waals surface area contributed by atoms with Crippen LogP contribution in [0.25, 0.3) is 0 Å². The average Bonchev–Trinajstić information content (AvgIpc) is 2.58. The van der Waals surface area contributed by atoms with Gasteiger partial charge in [0.25, 0.3) is 0 Å². The summed E-state index contributed by atoms with van der Waals surface area (Å²) in [5, 5.41) is 3.01. The predicted molar refractivity (Wildman–Crippen MR) is 95.0 cm³/mol. The molecular weight excluding hydrogens is 290 g/mol. The summed E-state index contributed by atoms with van der Waals surface area (Å²) in [5.41, 5.74) is 2.58. The highest BCUT2D eigenvalue weighted by Crippen LogP contribution is 2.17. The van der Waals surface area contributed by atoms with Crippen LogP contribution in [-0.4, -0.2) is 17.7 Å². The van der Waals surface area contributed by atoms with Gasteiger partial charge in [-0.25, -0.2) is 0 Å². The van der Waals surface area contributed by atoms with E-state index < -0.39 is 0 Å². The molecule has 2 aromatic rings. The Balaban J connectivity index is 1.62. The van der Waals surface area contributed by atoms with Crippen LogP contribution in [0.15, 0.2) is 60.7 Å². The zero-order valence-electron chi connectivity index (χ0n) is 13.0. The van der Waals surface area contributed by atoms with Gasteiger partial charge in [-0.15, -0.1) is 11.8 Å². The van der Waals surface area contributed by atoms with Crippen molar-refractivity contribution < 1.29 is 4.79 Å². The number of thioether (sulfide) groups is 1. The van der Waals surface area contributed by atoms with Crippen molar-refractivity contribution in [2.75, 3.05) is 6.54 Å². The molecule has 0 bridgehead atoms. The molecule has 0 aliphatic carbocycles. The van der Waals surface area contributed by atoms with E-state index in [-0.39, 0.29) is 11.2 Å². The van der Waals surface area contributed by atoms with Crippen molar-refractivity contribution in [3.05, 3.63) is 71.8 Å². The third kappa shape index (κ3) is 5.94. The zero-order valence-corrected chi connectivity index (χ0v) is 13.8. The highest BCUT2D eigenvalue weighted by atomic mass is 32.2. The molecule has 2 rings (SSSR count). The molecule has 0 saturated carbocycles. The van der Waals surface area contributed by atoms with Crippen molar-refractivity contribution in [1.82, 2.24) is 5.32 Å². The standard InChI is InChI=1S/C19H23NOS/c1-16(22-15-18-11-6-3-7-12-18)19(21)20-14-8-13-17-9-4-2-5-10-17/h2-7,9-12,16H,8,13-15H2,1H3,(H,20,21)/t16-/m0/s1. The van der Waals surface area contributed by atoms with Crippen LogP contribution in [0.5, 0.6) is 0 Å². The Morgan fingerprint density at radius 3 is 2.23 bits per heavy atom. The topological polar surface area (TPSA) is 29.1 Å². The van der Waals surface area contributed by atoms with Gasteiger partial charge in [-0.2, -0.15) is 0 Å². The molecule has 0 heterocycles. The normalized spacial score (nSPS) is 11.9. The van der Waals surface area contributed by atoms with Crippen LogP contribution >= 0.6 is 11.8 Å². The Hall–Kier alpha value is -1.74. The number of amides is 1. The molecule has 0 aliphatic heterocycles. The lowest BCUT2D eigenvalue weighted by atomic mass is 10.1. The summed E-state index contributed by atoms with van der Waals surface area (Å²) < 4.78 is 0. The Bertz CT molecular complexity index is 556. The summed E-state index contributed by atoms with van der Waals surface area (Å²) in [6, 6.07) is 20.6. The maximum Gasteiger partial charge on any atom is 0.232 e. The third-order valence-electron chi connectivity index (χ3n) is 3.50. The Kier molecular flexibility index (Phi) is 7.04. The van der Waals surface area contributed by atoms with Gasteiger partial charge in [-0.3, -0.25) is 4.79 Å². The molecule has 3 heteroatoms. The van der Waals surface area contributed by atoms with Gasteiger partial charge in [0.2, 0.25) is 5.91 Å². The average molecular weight is 313 g/mol. The van der Waals surface area contributed by atoms with Gasteiger partial charge in [0.05, 0.1) is 5.25 Å². The lowest BCUT2D eigenvalue weighted by molar-refractivity contribution is -0.120. The SMILES string of the molecule is C[C@H](SCc1ccccc1)C(=O)NCCCc1ccccc1. The first-order valence-electron chi connectivity index (χ1n) is 7.73. The van der Waals surface area contributed by atoms with E-state index in [0.717, 1.165) is 25.1 Å². The molecule has 1 amide bonds. The fourth-order valence-electron chi connectivity index (χ4n) is 2.16. The van der Waals surface area contributed by atoms with E-state index >= 15 is 0 Å². The monoisotopic (exact) mass is 313 g/mol. The molecule has 0 unspecified atom stereocenters. The molecule has 0 aliphatic rings. The van der Waals surface area contributed by atoms with Crippen molar-refractivity contribution in [3.63, 3.8) is 0 Å². The molecule has 0 spiro atoms. The number of nitrogens with one attached hydrogen (secondary N) is 1. The number of benzene rings is 2. The summed E-state index contributed by atoms with van der Waals surface area (Å²) >= 11 is 1.68. The van der Waals surface area contributed by atoms with E-state index in [1.165, 1.54) is 11.1 Å². The van der Waals surface area contributed by atoms with Crippen LogP contribution in [0.2, 0.25) is 0 Å². The van der Waals surface area contributed by atoms with E-state index in [9.17, 15) is 4.79 Å². The third-order valence-corrected chi connectivity index (χ3v) is 4.71. The van der Waals surface area contributed by atoms with Crippen LogP contribution < -0.4 is 5.32 Å². The first-order valence-corrected chi connectivity index (χ1v) is 8.78. The van der Waals surface area contributed by atoms with Gasteiger partial charge in [0.1, 0.15) is 0 Å². The van der Waals surface area contributed by atoms with Gasteiger partial charge in [-0.1, -0.05) is 60.7 Å². The van der Waals surface area contributed by atoms with E-state index in [1.807, 2.05) is 31.2 Å². The van der Waals surface area contributed by atoms with Crippen LogP contribution in [0.4, 0.5) is 0 Å². The first-order chi connectivity index (χ1) is 10.8. The van der Waals surface area contributed by atoms with Crippen molar-refractivity contribution in [1.29, 1.82) is 0 Å². The highest BCUT2D eigenvalue weighted by Gasteiger charge is 2.12. The number of hydrogen-bond acceptors (Lipinski definition) is 2. The maximum absolute atomic E-state index is 12.0. The Morgan fingerprint density at radius 2 is 1.59 bits per heavy atom. The van der Waals surface area contributed by atoms with Gasteiger partial charge in [0, 0.05) is 12.3 Å². The van der Waals surface area contributed by atoms with Crippen LogP contribution in [-0.2, 0) is 17.0 Å². The van der Waals surface area contributed by atoms with Gasteiger partial charge >= 0.3 is 0 Å². The van der Waals surface area contributed by atoms with Gasteiger partial charge in [0.15, 0.2) is 0 Å². The lowest BCUT2D eigenvalue weighted by Gasteiger charge is -2.12. The van der Waals surface area contributed by atoms with Gasteiger partial charge < -0.3 is 5.32 Å². The van der Waals surface area contributed by atoms with Crippen LogP contribution in [0, 0.1) is 0 Å². The molecule has 22 heavy (non-hydrogen) atoms. The van der Waals surface area contributed by atoms with Gasteiger partial charge in [-0.05, 0) is 30.9 Å². The summed E-state index contributed by atoms with van der Waals surface area (Å²) in [7, 11) is 0.